The zero-order valence-electron chi connectivity index (χ0n) is 10.4. The molecule has 0 aromatic heterocycles. The van der Waals surface area contributed by atoms with Crippen molar-refractivity contribution in [3.05, 3.63) is 39.9 Å². The third kappa shape index (κ3) is 3.75. The number of nitrogens with zero attached hydrogens (tertiary/aromatic N) is 1. The standard InChI is InChI=1S/C13H15NO5/c15-13(19-9-12-3-1-2-8-18-12)10-4-6-11(7-5-10)14(16)17/h4-7,12H,1-3,8-9H2. The molecule has 1 aliphatic heterocycles. The third-order valence-corrected chi connectivity index (χ3v) is 2.99. The average Bonchev–Trinajstić information content (AvgIpc) is 2.46. The van der Waals surface area contributed by atoms with Crippen molar-refractivity contribution in [1.29, 1.82) is 0 Å². The number of carbonyl (C=O) groups excluding carboxylic acids is 1. The van der Waals surface area contributed by atoms with Gasteiger partial charge in [0.15, 0.2) is 0 Å². The molecule has 0 bridgehead atoms. The number of benzene rings is 1. The molecule has 6 heteroatoms. The van der Waals surface area contributed by atoms with Crippen LogP contribution in [0.1, 0.15) is 29.6 Å². The van der Waals surface area contributed by atoms with Crippen LogP contribution in [0.5, 0.6) is 0 Å². The molecule has 0 aliphatic carbocycles. The summed E-state index contributed by atoms with van der Waals surface area (Å²) in [6, 6.07) is 5.35. The van der Waals surface area contributed by atoms with E-state index >= 15 is 0 Å². The Morgan fingerprint density at radius 2 is 2.11 bits per heavy atom. The lowest BCUT2D eigenvalue weighted by Crippen LogP contribution is -2.25. The maximum absolute atomic E-state index is 11.7. The Morgan fingerprint density at radius 1 is 1.37 bits per heavy atom. The molecular formula is C13H15NO5. The van der Waals surface area contributed by atoms with Gasteiger partial charge in [-0.15, -0.1) is 0 Å². The number of nitro groups is 1. The monoisotopic (exact) mass is 265 g/mol. The summed E-state index contributed by atoms with van der Waals surface area (Å²) >= 11 is 0. The Kier molecular flexibility index (Phi) is 4.46. The van der Waals surface area contributed by atoms with Crippen LogP contribution in [-0.4, -0.2) is 30.2 Å². The fourth-order valence-electron chi connectivity index (χ4n) is 1.91. The minimum atomic E-state index is -0.509. The van der Waals surface area contributed by atoms with Gasteiger partial charge in [0, 0.05) is 18.7 Å². The van der Waals surface area contributed by atoms with Crippen molar-refractivity contribution in [2.24, 2.45) is 0 Å². The van der Waals surface area contributed by atoms with Crippen LogP contribution in [-0.2, 0) is 9.47 Å². The molecular weight excluding hydrogens is 250 g/mol. The lowest BCUT2D eigenvalue weighted by atomic mass is 10.1. The highest BCUT2D eigenvalue weighted by Gasteiger charge is 2.17. The summed E-state index contributed by atoms with van der Waals surface area (Å²) in [5.41, 5.74) is 0.258. The summed E-state index contributed by atoms with van der Waals surface area (Å²) in [7, 11) is 0. The van der Waals surface area contributed by atoms with E-state index in [1.54, 1.807) is 0 Å². The highest BCUT2D eigenvalue weighted by Crippen LogP contribution is 2.15. The van der Waals surface area contributed by atoms with Crippen molar-refractivity contribution >= 4 is 11.7 Å². The summed E-state index contributed by atoms with van der Waals surface area (Å²) < 4.78 is 10.6. The summed E-state index contributed by atoms with van der Waals surface area (Å²) in [4.78, 5) is 21.7. The Labute approximate surface area is 110 Å². The van der Waals surface area contributed by atoms with E-state index < -0.39 is 10.9 Å². The Bertz CT molecular complexity index is 451. The second-order valence-electron chi connectivity index (χ2n) is 4.39. The maximum atomic E-state index is 11.7. The van der Waals surface area contributed by atoms with Crippen LogP contribution in [0.4, 0.5) is 5.69 Å². The van der Waals surface area contributed by atoms with Crippen molar-refractivity contribution in [2.75, 3.05) is 13.2 Å². The normalized spacial score (nSPS) is 18.8. The second-order valence-corrected chi connectivity index (χ2v) is 4.39. The molecule has 6 nitrogen and oxygen atoms in total. The molecule has 0 N–H and O–H groups in total. The molecule has 0 spiro atoms. The highest BCUT2D eigenvalue weighted by molar-refractivity contribution is 5.89. The Morgan fingerprint density at radius 3 is 2.68 bits per heavy atom. The summed E-state index contributed by atoms with van der Waals surface area (Å²) in [6.45, 7) is 0.940. The van der Waals surface area contributed by atoms with Crippen LogP contribution < -0.4 is 0 Å². The van der Waals surface area contributed by atoms with Gasteiger partial charge in [-0.05, 0) is 31.4 Å². The zero-order valence-corrected chi connectivity index (χ0v) is 10.4. The maximum Gasteiger partial charge on any atom is 0.338 e. The molecule has 1 unspecified atom stereocenters. The zero-order chi connectivity index (χ0) is 13.7. The molecule has 1 aromatic carbocycles. The van der Waals surface area contributed by atoms with E-state index in [0.717, 1.165) is 19.3 Å². The van der Waals surface area contributed by atoms with E-state index in [9.17, 15) is 14.9 Å². The van der Waals surface area contributed by atoms with Crippen molar-refractivity contribution in [1.82, 2.24) is 0 Å². The molecule has 1 aliphatic rings. The van der Waals surface area contributed by atoms with E-state index in [1.807, 2.05) is 0 Å². The number of hydrogen-bond acceptors (Lipinski definition) is 5. The van der Waals surface area contributed by atoms with Crippen molar-refractivity contribution in [3.8, 4) is 0 Å². The summed E-state index contributed by atoms with van der Waals surface area (Å²) in [6.07, 6.45) is 3.00. The molecule has 0 radical (unpaired) electrons. The predicted molar refractivity (Wildman–Crippen MR) is 67.0 cm³/mol. The predicted octanol–water partition coefficient (Wildman–Crippen LogP) is 2.32. The number of hydrogen-bond donors (Lipinski definition) is 0. The molecule has 0 amide bonds. The smallest absolute Gasteiger partial charge is 0.338 e. The van der Waals surface area contributed by atoms with Crippen LogP contribution in [0.3, 0.4) is 0 Å². The fourth-order valence-corrected chi connectivity index (χ4v) is 1.91. The quantitative estimate of drug-likeness (QED) is 0.474. The number of rotatable bonds is 4. The minimum Gasteiger partial charge on any atom is -0.459 e. The second kappa shape index (κ2) is 6.29. The molecule has 0 saturated carbocycles. The minimum absolute atomic E-state index is 0.0317. The first-order chi connectivity index (χ1) is 9.16. The van der Waals surface area contributed by atoms with E-state index in [1.165, 1.54) is 24.3 Å². The van der Waals surface area contributed by atoms with Gasteiger partial charge in [0.05, 0.1) is 16.6 Å². The first kappa shape index (κ1) is 13.5. The van der Waals surface area contributed by atoms with Gasteiger partial charge in [0.1, 0.15) is 6.61 Å². The van der Waals surface area contributed by atoms with Gasteiger partial charge in [0.2, 0.25) is 0 Å². The summed E-state index contributed by atoms with van der Waals surface area (Å²) in [5.74, 6) is -0.482. The van der Waals surface area contributed by atoms with Crippen LogP contribution >= 0.6 is 0 Å². The molecule has 1 heterocycles. The molecule has 19 heavy (non-hydrogen) atoms. The van der Waals surface area contributed by atoms with Crippen LogP contribution in [0, 0.1) is 10.1 Å². The number of carbonyl (C=O) groups is 1. The molecule has 1 saturated heterocycles. The fraction of sp³-hybridized carbons (Fsp3) is 0.462. The van der Waals surface area contributed by atoms with Crippen LogP contribution in [0.2, 0.25) is 0 Å². The van der Waals surface area contributed by atoms with Gasteiger partial charge >= 0.3 is 5.97 Å². The Hall–Kier alpha value is -1.95. The first-order valence-electron chi connectivity index (χ1n) is 6.20. The van der Waals surface area contributed by atoms with Crippen molar-refractivity contribution in [2.45, 2.75) is 25.4 Å². The topological polar surface area (TPSA) is 78.7 Å². The Balaban J connectivity index is 1.86. The van der Waals surface area contributed by atoms with Gasteiger partial charge in [-0.3, -0.25) is 10.1 Å². The van der Waals surface area contributed by atoms with Gasteiger partial charge in [0.25, 0.3) is 5.69 Å². The molecule has 1 atom stereocenters. The summed E-state index contributed by atoms with van der Waals surface area (Å²) in [5, 5.41) is 10.5. The number of nitro benzene ring substituents is 1. The lowest BCUT2D eigenvalue weighted by Gasteiger charge is -2.22. The molecule has 1 aromatic rings. The van der Waals surface area contributed by atoms with E-state index in [-0.39, 0.29) is 18.4 Å². The van der Waals surface area contributed by atoms with Crippen molar-refractivity contribution in [3.63, 3.8) is 0 Å². The van der Waals surface area contributed by atoms with Gasteiger partial charge in [-0.2, -0.15) is 0 Å². The lowest BCUT2D eigenvalue weighted by molar-refractivity contribution is -0.384. The SMILES string of the molecule is O=C(OCC1CCCCO1)c1ccc([N+](=O)[O-])cc1. The van der Waals surface area contributed by atoms with Crippen molar-refractivity contribution < 1.29 is 19.2 Å². The molecule has 1 fully saturated rings. The third-order valence-electron chi connectivity index (χ3n) is 2.99. The molecule has 2 rings (SSSR count). The van der Waals surface area contributed by atoms with Gasteiger partial charge in [-0.25, -0.2) is 4.79 Å². The first-order valence-corrected chi connectivity index (χ1v) is 6.20. The molecule has 102 valence electrons. The largest absolute Gasteiger partial charge is 0.459 e. The average molecular weight is 265 g/mol. The van der Waals surface area contributed by atoms with E-state index in [2.05, 4.69) is 0 Å². The van der Waals surface area contributed by atoms with Gasteiger partial charge < -0.3 is 9.47 Å². The van der Waals surface area contributed by atoms with Gasteiger partial charge in [-0.1, -0.05) is 0 Å². The number of ether oxygens (including phenoxy) is 2. The van der Waals surface area contributed by atoms with E-state index in [4.69, 9.17) is 9.47 Å². The number of esters is 1. The van der Waals surface area contributed by atoms with Crippen LogP contribution in [0.25, 0.3) is 0 Å². The van der Waals surface area contributed by atoms with E-state index in [0.29, 0.717) is 12.2 Å². The highest BCUT2D eigenvalue weighted by atomic mass is 16.6. The number of non-ortho nitro benzene ring substituents is 1. The van der Waals surface area contributed by atoms with Crippen LogP contribution in [0.15, 0.2) is 24.3 Å².